The van der Waals surface area contributed by atoms with E-state index < -0.39 is 6.10 Å². The van der Waals surface area contributed by atoms with Crippen LogP contribution < -0.4 is 5.32 Å². The third-order valence-corrected chi connectivity index (χ3v) is 2.85. The molecule has 1 rings (SSSR count). The molecular weight excluding hydrogens is 208 g/mol. The first-order valence-corrected chi connectivity index (χ1v) is 5.73. The molecule has 0 bridgehead atoms. The number of hydrogen-bond acceptors (Lipinski definition) is 3. The fourth-order valence-corrected chi connectivity index (χ4v) is 1.67. The Balaban J connectivity index is 2.26. The molecule has 1 saturated heterocycles. The number of methoxy groups -OCH3 is 1. The largest absolute Gasteiger partial charge is 0.372 e. The molecule has 0 aromatic heterocycles. The third-order valence-electron chi connectivity index (χ3n) is 2.85. The summed E-state index contributed by atoms with van der Waals surface area (Å²) >= 11 is 0. The highest BCUT2D eigenvalue weighted by Crippen LogP contribution is 2.08. The Morgan fingerprint density at radius 3 is 2.50 bits per heavy atom. The number of nitrogens with one attached hydrogen (secondary N) is 1. The first-order valence-electron chi connectivity index (χ1n) is 5.73. The molecule has 0 aromatic rings. The van der Waals surface area contributed by atoms with Crippen molar-refractivity contribution in [2.24, 2.45) is 0 Å². The minimum Gasteiger partial charge on any atom is -0.372 e. The van der Waals surface area contributed by atoms with E-state index in [2.05, 4.69) is 5.32 Å². The SMILES string of the molecule is COC(C)C(=O)NCC(=O)N1CCCCC1. The van der Waals surface area contributed by atoms with Gasteiger partial charge in [0, 0.05) is 20.2 Å². The van der Waals surface area contributed by atoms with Crippen LogP contribution in [0.3, 0.4) is 0 Å². The van der Waals surface area contributed by atoms with Crippen LogP contribution in [0.5, 0.6) is 0 Å². The zero-order chi connectivity index (χ0) is 12.0. The smallest absolute Gasteiger partial charge is 0.249 e. The summed E-state index contributed by atoms with van der Waals surface area (Å²) in [6.07, 6.45) is 2.81. The second-order valence-corrected chi connectivity index (χ2v) is 4.04. The highest BCUT2D eigenvalue weighted by Gasteiger charge is 2.18. The van der Waals surface area contributed by atoms with Crippen LogP contribution in [-0.4, -0.2) is 49.6 Å². The monoisotopic (exact) mass is 228 g/mol. The summed E-state index contributed by atoms with van der Waals surface area (Å²) in [7, 11) is 1.47. The summed E-state index contributed by atoms with van der Waals surface area (Å²) in [5.74, 6) is -0.246. The van der Waals surface area contributed by atoms with Gasteiger partial charge >= 0.3 is 0 Å². The molecule has 92 valence electrons. The van der Waals surface area contributed by atoms with Gasteiger partial charge in [-0.1, -0.05) is 0 Å². The van der Waals surface area contributed by atoms with E-state index in [9.17, 15) is 9.59 Å². The van der Waals surface area contributed by atoms with Crippen molar-refractivity contribution < 1.29 is 14.3 Å². The standard InChI is InChI=1S/C11H20N2O3/c1-9(16-2)11(15)12-8-10(14)13-6-4-3-5-7-13/h9H,3-8H2,1-2H3,(H,12,15). The van der Waals surface area contributed by atoms with Crippen LogP contribution in [0.25, 0.3) is 0 Å². The van der Waals surface area contributed by atoms with Crippen molar-refractivity contribution >= 4 is 11.8 Å². The van der Waals surface area contributed by atoms with Gasteiger partial charge in [-0.3, -0.25) is 9.59 Å². The highest BCUT2D eigenvalue weighted by molar-refractivity contribution is 5.86. The lowest BCUT2D eigenvalue weighted by Crippen LogP contribution is -2.44. The summed E-state index contributed by atoms with van der Waals surface area (Å²) in [5, 5.41) is 2.58. The Hall–Kier alpha value is -1.10. The van der Waals surface area contributed by atoms with Crippen LogP contribution in [-0.2, 0) is 14.3 Å². The van der Waals surface area contributed by atoms with Gasteiger partial charge in [0.2, 0.25) is 11.8 Å². The Kier molecular flexibility index (Phi) is 5.25. The molecule has 2 amide bonds. The van der Waals surface area contributed by atoms with Crippen molar-refractivity contribution in [2.45, 2.75) is 32.3 Å². The number of carbonyl (C=O) groups is 2. The van der Waals surface area contributed by atoms with E-state index >= 15 is 0 Å². The number of nitrogens with zero attached hydrogens (tertiary/aromatic N) is 1. The average Bonchev–Trinajstić information content (AvgIpc) is 2.35. The Morgan fingerprint density at radius 2 is 1.94 bits per heavy atom. The van der Waals surface area contributed by atoms with Gasteiger partial charge in [-0.05, 0) is 26.2 Å². The number of amides is 2. The molecule has 5 nitrogen and oxygen atoms in total. The van der Waals surface area contributed by atoms with Crippen molar-refractivity contribution in [1.29, 1.82) is 0 Å². The van der Waals surface area contributed by atoms with Crippen molar-refractivity contribution in [1.82, 2.24) is 10.2 Å². The van der Waals surface area contributed by atoms with Crippen LogP contribution in [0.1, 0.15) is 26.2 Å². The summed E-state index contributed by atoms with van der Waals surface area (Å²) in [5.41, 5.74) is 0. The molecule has 0 aliphatic carbocycles. The third kappa shape index (κ3) is 3.81. The van der Waals surface area contributed by atoms with Crippen LogP contribution in [0.15, 0.2) is 0 Å². The Morgan fingerprint density at radius 1 is 1.31 bits per heavy atom. The van der Waals surface area contributed by atoms with Gasteiger partial charge in [-0.2, -0.15) is 0 Å². The highest BCUT2D eigenvalue weighted by atomic mass is 16.5. The van der Waals surface area contributed by atoms with Crippen LogP contribution in [0.2, 0.25) is 0 Å². The topological polar surface area (TPSA) is 58.6 Å². The van der Waals surface area contributed by atoms with E-state index in [0.717, 1.165) is 25.9 Å². The van der Waals surface area contributed by atoms with Gasteiger partial charge in [0.25, 0.3) is 0 Å². The first-order chi connectivity index (χ1) is 7.65. The molecule has 1 N–H and O–H groups in total. The minimum absolute atomic E-state index is 0.00338. The number of hydrogen-bond donors (Lipinski definition) is 1. The maximum atomic E-state index is 11.7. The summed E-state index contributed by atoms with van der Waals surface area (Å²) in [4.78, 5) is 24.8. The number of piperidine rings is 1. The molecule has 5 heteroatoms. The zero-order valence-corrected chi connectivity index (χ0v) is 9.99. The van der Waals surface area contributed by atoms with Crippen molar-refractivity contribution in [3.05, 3.63) is 0 Å². The van der Waals surface area contributed by atoms with E-state index in [4.69, 9.17) is 4.74 Å². The summed E-state index contributed by atoms with van der Waals surface area (Å²) < 4.78 is 4.85. The molecule has 0 aromatic carbocycles. The Bertz CT molecular complexity index is 250. The molecule has 0 radical (unpaired) electrons. The Labute approximate surface area is 96.1 Å². The number of likely N-dealkylation sites (tertiary alicyclic amines) is 1. The van der Waals surface area contributed by atoms with Gasteiger partial charge in [0.15, 0.2) is 0 Å². The van der Waals surface area contributed by atoms with E-state index in [1.165, 1.54) is 13.5 Å². The van der Waals surface area contributed by atoms with Gasteiger partial charge in [-0.15, -0.1) is 0 Å². The second-order valence-electron chi connectivity index (χ2n) is 4.04. The molecule has 0 spiro atoms. The fourth-order valence-electron chi connectivity index (χ4n) is 1.67. The molecule has 1 fully saturated rings. The molecule has 1 unspecified atom stereocenters. The predicted octanol–water partition coefficient (Wildman–Crippen LogP) is 0.150. The van der Waals surface area contributed by atoms with E-state index in [-0.39, 0.29) is 18.4 Å². The first kappa shape index (κ1) is 13.0. The van der Waals surface area contributed by atoms with E-state index in [0.29, 0.717) is 0 Å². The number of ether oxygens (including phenoxy) is 1. The van der Waals surface area contributed by atoms with Crippen molar-refractivity contribution in [3.63, 3.8) is 0 Å². The molecule has 1 atom stereocenters. The fraction of sp³-hybridized carbons (Fsp3) is 0.818. The van der Waals surface area contributed by atoms with Gasteiger partial charge in [0.1, 0.15) is 6.10 Å². The normalized spacial score (nSPS) is 18.0. The van der Waals surface area contributed by atoms with Crippen LogP contribution >= 0.6 is 0 Å². The quantitative estimate of drug-likeness (QED) is 0.745. The zero-order valence-electron chi connectivity index (χ0n) is 9.99. The molecule has 1 heterocycles. The molecule has 16 heavy (non-hydrogen) atoms. The molecule has 0 saturated carbocycles. The second kappa shape index (κ2) is 6.48. The van der Waals surface area contributed by atoms with Crippen molar-refractivity contribution in [2.75, 3.05) is 26.7 Å². The molecule has 1 aliphatic rings. The van der Waals surface area contributed by atoms with E-state index in [1.807, 2.05) is 0 Å². The lowest BCUT2D eigenvalue weighted by atomic mass is 10.1. The predicted molar refractivity (Wildman–Crippen MR) is 59.9 cm³/mol. The molecular formula is C11H20N2O3. The maximum Gasteiger partial charge on any atom is 0.249 e. The van der Waals surface area contributed by atoms with Crippen molar-refractivity contribution in [3.8, 4) is 0 Å². The van der Waals surface area contributed by atoms with Gasteiger partial charge in [-0.25, -0.2) is 0 Å². The van der Waals surface area contributed by atoms with Gasteiger partial charge in [0.05, 0.1) is 6.54 Å². The van der Waals surface area contributed by atoms with E-state index in [1.54, 1.807) is 11.8 Å². The minimum atomic E-state index is -0.505. The number of carbonyl (C=O) groups excluding carboxylic acids is 2. The molecule has 1 aliphatic heterocycles. The summed E-state index contributed by atoms with van der Waals surface area (Å²) in [6, 6.07) is 0. The summed E-state index contributed by atoms with van der Waals surface area (Å²) in [6.45, 7) is 3.36. The average molecular weight is 228 g/mol. The van der Waals surface area contributed by atoms with Crippen LogP contribution in [0.4, 0.5) is 0 Å². The lowest BCUT2D eigenvalue weighted by Gasteiger charge is -2.26. The van der Waals surface area contributed by atoms with Gasteiger partial charge < -0.3 is 15.0 Å². The lowest BCUT2D eigenvalue weighted by molar-refractivity contribution is -0.136. The number of rotatable bonds is 4. The van der Waals surface area contributed by atoms with Crippen LogP contribution in [0, 0.1) is 0 Å². The maximum absolute atomic E-state index is 11.7.